The number of thioether (sulfide) groups is 1. The standard InChI is InChI=1S/C10H10S/c1-8-6-11-10-5-3-2-4-9(8,10)7-10/h2-6H,7H2,1H3. The molecule has 0 spiro atoms. The molecule has 0 amide bonds. The highest BCUT2D eigenvalue weighted by Crippen LogP contribution is 2.75. The fourth-order valence-corrected chi connectivity index (χ4v) is 3.80. The Morgan fingerprint density at radius 1 is 1.36 bits per heavy atom. The summed E-state index contributed by atoms with van der Waals surface area (Å²) in [5, 5.41) is 2.32. The SMILES string of the molecule is CC1=CSC23C=CC=CC12C3. The van der Waals surface area contributed by atoms with Crippen molar-refractivity contribution in [1.29, 1.82) is 0 Å². The van der Waals surface area contributed by atoms with E-state index in [1.54, 1.807) is 5.57 Å². The molecule has 3 rings (SSSR count). The third kappa shape index (κ3) is 0.487. The maximum absolute atomic E-state index is 2.37. The van der Waals surface area contributed by atoms with Gasteiger partial charge in [0.1, 0.15) is 0 Å². The molecule has 2 unspecified atom stereocenters. The molecular weight excluding hydrogens is 152 g/mol. The largest absolute Gasteiger partial charge is 0.122 e. The van der Waals surface area contributed by atoms with Crippen molar-refractivity contribution in [2.45, 2.75) is 18.1 Å². The lowest BCUT2D eigenvalue weighted by molar-refractivity contribution is 0.759. The van der Waals surface area contributed by atoms with Gasteiger partial charge in [0, 0.05) is 5.41 Å². The smallest absolute Gasteiger partial charge is 0.0524 e. The Balaban J connectivity index is 2.18. The van der Waals surface area contributed by atoms with Crippen LogP contribution in [0.1, 0.15) is 13.3 Å². The summed E-state index contributed by atoms with van der Waals surface area (Å²) in [5.74, 6) is 0. The van der Waals surface area contributed by atoms with Crippen LogP contribution in [0.25, 0.3) is 0 Å². The van der Waals surface area contributed by atoms with Crippen LogP contribution >= 0.6 is 11.8 Å². The molecule has 56 valence electrons. The van der Waals surface area contributed by atoms with E-state index in [0.717, 1.165) is 0 Å². The second kappa shape index (κ2) is 1.51. The molecule has 0 radical (unpaired) electrons. The maximum Gasteiger partial charge on any atom is 0.0524 e. The summed E-state index contributed by atoms with van der Waals surface area (Å²) in [5.41, 5.74) is 2.01. The van der Waals surface area contributed by atoms with Crippen LogP contribution < -0.4 is 0 Å². The molecule has 0 N–H and O–H groups in total. The predicted molar refractivity (Wildman–Crippen MR) is 49.4 cm³/mol. The summed E-state index contributed by atoms with van der Waals surface area (Å²) in [4.78, 5) is 0. The van der Waals surface area contributed by atoms with Crippen LogP contribution in [0.4, 0.5) is 0 Å². The molecule has 2 atom stereocenters. The molecular formula is C10H10S. The van der Waals surface area contributed by atoms with Crippen molar-refractivity contribution < 1.29 is 0 Å². The highest BCUT2D eigenvalue weighted by Gasteiger charge is 2.68. The van der Waals surface area contributed by atoms with Crippen LogP contribution in [-0.2, 0) is 0 Å². The van der Waals surface area contributed by atoms with Crippen LogP contribution in [0.3, 0.4) is 0 Å². The van der Waals surface area contributed by atoms with E-state index < -0.39 is 0 Å². The van der Waals surface area contributed by atoms with E-state index in [9.17, 15) is 0 Å². The van der Waals surface area contributed by atoms with Gasteiger partial charge in [-0.2, -0.15) is 0 Å². The average Bonchev–Trinajstić information content (AvgIpc) is 2.63. The first-order chi connectivity index (χ1) is 5.29. The molecule has 0 bridgehead atoms. The number of hydrogen-bond acceptors (Lipinski definition) is 1. The van der Waals surface area contributed by atoms with Crippen molar-refractivity contribution in [3.05, 3.63) is 35.3 Å². The summed E-state index contributed by atoms with van der Waals surface area (Å²) in [7, 11) is 0. The minimum absolute atomic E-state index is 0.451. The molecule has 0 aromatic carbocycles. The van der Waals surface area contributed by atoms with E-state index in [1.807, 2.05) is 11.8 Å². The van der Waals surface area contributed by atoms with Gasteiger partial charge in [0.15, 0.2) is 0 Å². The van der Waals surface area contributed by atoms with Gasteiger partial charge in [-0.25, -0.2) is 0 Å². The molecule has 2 aliphatic carbocycles. The Hall–Kier alpha value is -0.430. The molecule has 0 aromatic rings. The molecule has 11 heavy (non-hydrogen) atoms. The van der Waals surface area contributed by atoms with Crippen molar-refractivity contribution in [3.63, 3.8) is 0 Å². The van der Waals surface area contributed by atoms with Crippen molar-refractivity contribution in [1.82, 2.24) is 0 Å². The first kappa shape index (κ1) is 6.13. The topological polar surface area (TPSA) is 0 Å². The van der Waals surface area contributed by atoms with Gasteiger partial charge in [0.2, 0.25) is 0 Å². The molecule has 1 aliphatic heterocycles. The van der Waals surface area contributed by atoms with Gasteiger partial charge >= 0.3 is 0 Å². The Kier molecular flexibility index (Phi) is 0.841. The first-order valence-corrected chi connectivity index (χ1v) is 4.89. The predicted octanol–water partition coefficient (Wildman–Crippen LogP) is 2.89. The van der Waals surface area contributed by atoms with E-state index in [2.05, 4.69) is 36.6 Å². The maximum atomic E-state index is 2.37. The quantitative estimate of drug-likeness (QED) is 0.527. The Morgan fingerprint density at radius 2 is 2.18 bits per heavy atom. The number of rotatable bonds is 0. The molecule has 0 saturated heterocycles. The van der Waals surface area contributed by atoms with Crippen molar-refractivity contribution in [2.75, 3.05) is 0 Å². The number of allylic oxidation sites excluding steroid dienone is 4. The fraction of sp³-hybridized carbons (Fsp3) is 0.400. The highest BCUT2D eigenvalue weighted by molar-refractivity contribution is 8.04. The van der Waals surface area contributed by atoms with E-state index in [-0.39, 0.29) is 0 Å². The van der Waals surface area contributed by atoms with Gasteiger partial charge in [-0.1, -0.05) is 29.9 Å². The van der Waals surface area contributed by atoms with Crippen LogP contribution in [-0.4, -0.2) is 4.75 Å². The minimum Gasteiger partial charge on any atom is -0.122 e. The Morgan fingerprint density at radius 3 is 3.00 bits per heavy atom. The summed E-state index contributed by atoms with van der Waals surface area (Å²) in [6, 6.07) is 0. The molecule has 0 nitrogen and oxygen atoms in total. The fourth-order valence-electron chi connectivity index (χ4n) is 2.30. The van der Waals surface area contributed by atoms with Crippen LogP contribution in [0.5, 0.6) is 0 Å². The molecule has 1 heteroatoms. The summed E-state index contributed by atoms with van der Waals surface area (Å²) in [6.45, 7) is 2.26. The normalized spacial score (nSPS) is 50.1. The first-order valence-electron chi connectivity index (χ1n) is 4.01. The van der Waals surface area contributed by atoms with Crippen LogP contribution in [0.15, 0.2) is 35.3 Å². The van der Waals surface area contributed by atoms with Crippen molar-refractivity contribution in [3.8, 4) is 0 Å². The Labute approximate surface area is 71.1 Å². The second-order valence-electron chi connectivity index (χ2n) is 3.67. The van der Waals surface area contributed by atoms with Gasteiger partial charge in [-0.3, -0.25) is 0 Å². The molecule has 1 heterocycles. The zero-order chi connectivity index (χ0) is 7.53. The lowest BCUT2D eigenvalue weighted by Gasteiger charge is -2.14. The van der Waals surface area contributed by atoms with E-state index in [4.69, 9.17) is 0 Å². The zero-order valence-electron chi connectivity index (χ0n) is 6.50. The van der Waals surface area contributed by atoms with Crippen molar-refractivity contribution in [2.24, 2.45) is 5.41 Å². The van der Waals surface area contributed by atoms with Gasteiger partial charge in [-0.15, -0.1) is 11.8 Å². The van der Waals surface area contributed by atoms with Crippen LogP contribution in [0.2, 0.25) is 0 Å². The molecule has 0 aromatic heterocycles. The van der Waals surface area contributed by atoms with E-state index >= 15 is 0 Å². The monoisotopic (exact) mass is 162 g/mol. The second-order valence-corrected chi connectivity index (χ2v) is 4.87. The third-order valence-electron chi connectivity index (χ3n) is 3.18. The van der Waals surface area contributed by atoms with Gasteiger partial charge in [0.25, 0.3) is 0 Å². The molecule has 3 aliphatic rings. The lowest BCUT2D eigenvalue weighted by atomic mass is 9.92. The van der Waals surface area contributed by atoms with Gasteiger partial charge in [0.05, 0.1) is 4.75 Å². The lowest BCUT2D eigenvalue weighted by Crippen LogP contribution is -2.10. The third-order valence-corrected chi connectivity index (χ3v) is 4.72. The average molecular weight is 162 g/mol. The van der Waals surface area contributed by atoms with Gasteiger partial charge < -0.3 is 0 Å². The van der Waals surface area contributed by atoms with Crippen molar-refractivity contribution >= 4 is 11.8 Å². The van der Waals surface area contributed by atoms with E-state index in [0.29, 0.717) is 10.2 Å². The zero-order valence-corrected chi connectivity index (χ0v) is 7.32. The van der Waals surface area contributed by atoms with E-state index in [1.165, 1.54) is 6.42 Å². The minimum atomic E-state index is 0.451. The summed E-state index contributed by atoms with van der Waals surface area (Å²) >= 11 is 2.00. The van der Waals surface area contributed by atoms with Gasteiger partial charge in [-0.05, 0) is 18.8 Å². The highest BCUT2D eigenvalue weighted by atomic mass is 32.2. The molecule has 1 saturated carbocycles. The Bertz CT molecular complexity index is 311. The van der Waals surface area contributed by atoms with Crippen LogP contribution in [0, 0.1) is 5.41 Å². The summed E-state index contributed by atoms with van der Waals surface area (Å²) in [6.07, 6.45) is 10.4. The summed E-state index contributed by atoms with van der Waals surface area (Å²) < 4.78 is 0.464. The number of hydrogen-bond donors (Lipinski definition) is 0. The molecule has 1 fully saturated rings.